The minimum absolute atomic E-state index is 0.0535. The van der Waals surface area contributed by atoms with Crippen molar-refractivity contribution in [2.75, 3.05) is 24.6 Å². The molecule has 5 heteroatoms. The molecule has 3 rings (SSSR count). The molecule has 0 atom stereocenters. The molecule has 0 fully saturated rings. The minimum Gasteiger partial charge on any atom is -0.493 e. The second kappa shape index (κ2) is 10.4. The van der Waals surface area contributed by atoms with E-state index >= 15 is 0 Å². The van der Waals surface area contributed by atoms with Crippen LogP contribution in [0.5, 0.6) is 5.75 Å². The number of carbonyl (C=O) groups is 2. The molecular weight excluding hydrogens is 376 g/mol. The van der Waals surface area contributed by atoms with Crippen molar-refractivity contribution in [3.8, 4) is 5.75 Å². The lowest BCUT2D eigenvalue weighted by atomic mass is 10.1. The first kappa shape index (κ1) is 21.4. The predicted molar refractivity (Wildman–Crippen MR) is 121 cm³/mol. The SMILES string of the molecule is CCOc1ccccc1C(=O)NCCCC(=O)N(CC)c1cccc2ccccc12. The van der Waals surface area contributed by atoms with Crippen molar-refractivity contribution in [3.63, 3.8) is 0 Å². The number of para-hydroxylation sites is 1. The molecule has 0 saturated carbocycles. The number of hydrogen-bond acceptors (Lipinski definition) is 3. The lowest BCUT2D eigenvalue weighted by Crippen LogP contribution is -2.32. The van der Waals surface area contributed by atoms with E-state index in [4.69, 9.17) is 4.74 Å². The zero-order valence-electron chi connectivity index (χ0n) is 17.6. The monoisotopic (exact) mass is 404 g/mol. The Morgan fingerprint density at radius 1 is 0.933 bits per heavy atom. The summed E-state index contributed by atoms with van der Waals surface area (Å²) in [6.07, 6.45) is 0.938. The molecule has 0 aliphatic heterocycles. The first-order chi connectivity index (χ1) is 14.7. The highest BCUT2D eigenvalue weighted by Crippen LogP contribution is 2.27. The molecule has 3 aromatic rings. The van der Waals surface area contributed by atoms with Gasteiger partial charge in [0.1, 0.15) is 5.75 Å². The molecular formula is C25H28N2O3. The van der Waals surface area contributed by atoms with Crippen molar-refractivity contribution in [2.24, 2.45) is 0 Å². The maximum Gasteiger partial charge on any atom is 0.255 e. The lowest BCUT2D eigenvalue weighted by molar-refractivity contribution is -0.118. The van der Waals surface area contributed by atoms with Crippen molar-refractivity contribution in [1.29, 1.82) is 0 Å². The summed E-state index contributed by atoms with van der Waals surface area (Å²) in [7, 11) is 0. The second-order valence-corrected chi connectivity index (χ2v) is 6.92. The summed E-state index contributed by atoms with van der Waals surface area (Å²) >= 11 is 0. The molecule has 0 bridgehead atoms. The lowest BCUT2D eigenvalue weighted by Gasteiger charge is -2.23. The van der Waals surface area contributed by atoms with E-state index < -0.39 is 0 Å². The summed E-state index contributed by atoms with van der Waals surface area (Å²) in [5.74, 6) is 0.437. The average molecular weight is 405 g/mol. The highest BCUT2D eigenvalue weighted by molar-refractivity contribution is 6.03. The van der Waals surface area contributed by atoms with E-state index in [1.54, 1.807) is 12.1 Å². The van der Waals surface area contributed by atoms with Crippen LogP contribution in [0.25, 0.3) is 10.8 Å². The predicted octanol–water partition coefficient (Wildman–Crippen LogP) is 4.80. The van der Waals surface area contributed by atoms with Crippen LogP contribution in [0.1, 0.15) is 37.0 Å². The third-order valence-corrected chi connectivity index (χ3v) is 4.96. The molecule has 0 aromatic heterocycles. The van der Waals surface area contributed by atoms with Crippen LogP contribution in [-0.4, -0.2) is 31.5 Å². The van der Waals surface area contributed by atoms with Gasteiger partial charge in [-0.1, -0.05) is 48.5 Å². The van der Waals surface area contributed by atoms with E-state index in [0.717, 1.165) is 16.5 Å². The van der Waals surface area contributed by atoms with Crippen molar-refractivity contribution in [3.05, 3.63) is 72.3 Å². The number of rotatable bonds is 9. The Morgan fingerprint density at radius 2 is 1.67 bits per heavy atom. The number of hydrogen-bond donors (Lipinski definition) is 1. The van der Waals surface area contributed by atoms with Gasteiger partial charge in [0, 0.05) is 24.9 Å². The Kier molecular flexibility index (Phi) is 7.44. The Labute approximate surface area is 177 Å². The maximum absolute atomic E-state index is 12.9. The van der Waals surface area contributed by atoms with Gasteiger partial charge in [0.05, 0.1) is 17.9 Å². The number of carbonyl (C=O) groups excluding carboxylic acids is 2. The average Bonchev–Trinajstić information content (AvgIpc) is 2.78. The van der Waals surface area contributed by atoms with Gasteiger partial charge in [0.15, 0.2) is 0 Å². The quantitative estimate of drug-likeness (QED) is 0.521. The highest BCUT2D eigenvalue weighted by Gasteiger charge is 2.16. The van der Waals surface area contributed by atoms with Gasteiger partial charge in [0.25, 0.3) is 5.91 Å². The fourth-order valence-electron chi connectivity index (χ4n) is 3.53. The van der Waals surface area contributed by atoms with E-state index in [9.17, 15) is 9.59 Å². The van der Waals surface area contributed by atoms with Crippen LogP contribution < -0.4 is 15.0 Å². The first-order valence-electron chi connectivity index (χ1n) is 10.4. The Hall–Kier alpha value is -3.34. The number of benzene rings is 3. The Bertz CT molecular complexity index is 1010. The standard InChI is InChI=1S/C25H28N2O3/c1-3-27(22-15-9-12-19-11-5-6-13-20(19)22)24(28)17-10-18-26-25(29)21-14-7-8-16-23(21)30-4-2/h5-9,11-16H,3-4,10,17-18H2,1-2H3,(H,26,29). The van der Waals surface area contributed by atoms with Crippen LogP contribution in [0.3, 0.4) is 0 Å². The van der Waals surface area contributed by atoms with Gasteiger partial charge < -0.3 is 15.0 Å². The van der Waals surface area contributed by atoms with Crippen LogP contribution in [0, 0.1) is 0 Å². The molecule has 1 N–H and O–H groups in total. The van der Waals surface area contributed by atoms with Gasteiger partial charge in [-0.25, -0.2) is 0 Å². The normalized spacial score (nSPS) is 10.6. The molecule has 0 heterocycles. The molecule has 2 amide bonds. The van der Waals surface area contributed by atoms with Crippen molar-refractivity contribution >= 4 is 28.3 Å². The van der Waals surface area contributed by atoms with E-state index in [-0.39, 0.29) is 11.8 Å². The third kappa shape index (κ3) is 4.98. The zero-order chi connectivity index (χ0) is 21.3. The van der Waals surface area contributed by atoms with Crippen LogP contribution in [0.2, 0.25) is 0 Å². The zero-order valence-corrected chi connectivity index (χ0v) is 17.6. The van der Waals surface area contributed by atoms with Crippen LogP contribution in [-0.2, 0) is 4.79 Å². The molecule has 0 unspecified atom stereocenters. The summed E-state index contributed by atoms with van der Waals surface area (Å²) in [6, 6.07) is 21.2. The highest BCUT2D eigenvalue weighted by atomic mass is 16.5. The molecule has 0 radical (unpaired) electrons. The molecule has 3 aromatic carbocycles. The number of amides is 2. The molecule has 5 nitrogen and oxygen atoms in total. The minimum atomic E-state index is -0.187. The number of nitrogens with one attached hydrogen (secondary N) is 1. The van der Waals surface area contributed by atoms with E-state index in [1.807, 2.05) is 73.3 Å². The smallest absolute Gasteiger partial charge is 0.255 e. The maximum atomic E-state index is 12.9. The van der Waals surface area contributed by atoms with Crippen molar-refractivity contribution in [2.45, 2.75) is 26.7 Å². The molecule has 0 spiro atoms. The fourth-order valence-corrected chi connectivity index (χ4v) is 3.53. The number of nitrogens with zero attached hydrogens (tertiary/aromatic N) is 1. The fraction of sp³-hybridized carbons (Fsp3) is 0.280. The van der Waals surface area contributed by atoms with Crippen LogP contribution >= 0.6 is 0 Å². The van der Waals surface area contributed by atoms with Crippen molar-refractivity contribution in [1.82, 2.24) is 5.32 Å². The number of fused-ring (bicyclic) bond motifs is 1. The second-order valence-electron chi connectivity index (χ2n) is 6.92. The molecule has 156 valence electrons. The van der Waals surface area contributed by atoms with Gasteiger partial charge in [-0.15, -0.1) is 0 Å². The Balaban J connectivity index is 1.58. The van der Waals surface area contributed by atoms with Gasteiger partial charge in [-0.2, -0.15) is 0 Å². The van der Waals surface area contributed by atoms with Crippen LogP contribution in [0.4, 0.5) is 5.69 Å². The third-order valence-electron chi connectivity index (χ3n) is 4.96. The van der Waals surface area contributed by atoms with Gasteiger partial charge >= 0.3 is 0 Å². The van der Waals surface area contributed by atoms with Gasteiger partial charge in [-0.05, 0) is 43.9 Å². The summed E-state index contributed by atoms with van der Waals surface area (Å²) in [4.78, 5) is 27.1. The number of ether oxygens (including phenoxy) is 1. The molecule has 0 saturated heterocycles. The summed E-state index contributed by atoms with van der Waals surface area (Å²) in [6.45, 7) is 5.39. The van der Waals surface area contributed by atoms with E-state index in [2.05, 4.69) is 5.32 Å². The van der Waals surface area contributed by atoms with Gasteiger partial charge in [-0.3, -0.25) is 9.59 Å². The van der Waals surface area contributed by atoms with E-state index in [1.165, 1.54) is 0 Å². The first-order valence-corrected chi connectivity index (χ1v) is 10.4. The summed E-state index contributed by atoms with van der Waals surface area (Å²) in [5.41, 5.74) is 1.44. The topological polar surface area (TPSA) is 58.6 Å². The largest absolute Gasteiger partial charge is 0.493 e. The van der Waals surface area contributed by atoms with E-state index in [0.29, 0.717) is 43.9 Å². The summed E-state index contributed by atoms with van der Waals surface area (Å²) < 4.78 is 5.51. The summed E-state index contributed by atoms with van der Waals surface area (Å²) in [5, 5.41) is 5.07. The molecule has 0 aliphatic carbocycles. The Morgan fingerprint density at radius 3 is 2.47 bits per heavy atom. The molecule has 0 aliphatic rings. The van der Waals surface area contributed by atoms with Gasteiger partial charge in [0.2, 0.25) is 5.91 Å². The molecule has 30 heavy (non-hydrogen) atoms. The van der Waals surface area contributed by atoms with Crippen LogP contribution in [0.15, 0.2) is 66.7 Å². The van der Waals surface area contributed by atoms with Crippen molar-refractivity contribution < 1.29 is 14.3 Å². The number of anilines is 1.